The number of benzene rings is 1. The number of nitrogens with zero attached hydrogens (tertiary/aromatic N) is 2. The predicted molar refractivity (Wildman–Crippen MR) is 76.5 cm³/mol. The van der Waals surface area contributed by atoms with E-state index in [2.05, 4.69) is 25.8 Å². The lowest BCUT2D eigenvalue weighted by Crippen LogP contribution is -2.38. The fraction of sp³-hybridized carbons (Fsp3) is 0.286. The Morgan fingerprint density at radius 3 is 2.62 bits per heavy atom. The third kappa shape index (κ3) is 4.13. The van der Waals surface area contributed by atoms with Gasteiger partial charge in [0.05, 0.1) is 12.6 Å². The number of hydrogen-bond donors (Lipinski definition) is 3. The molecule has 7 nitrogen and oxygen atoms in total. The lowest BCUT2D eigenvalue weighted by molar-refractivity contribution is -0.120. The van der Waals surface area contributed by atoms with E-state index < -0.39 is 0 Å². The molecule has 0 saturated heterocycles. The third-order valence-corrected chi connectivity index (χ3v) is 2.94. The summed E-state index contributed by atoms with van der Waals surface area (Å²) >= 11 is 0. The van der Waals surface area contributed by atoms with Gasteiger partial charge < -0.3 is 10.6 Å². The highest BCUT2D eigenvalue weighted by atomic mass is 16.2. The highest BCUT2D eigenvalue weighted by Crippen LogP contribution is 2.04. The van der Waals surface area contributed by atoms with E-state index in [1.54, 1.807) is 19.1 Å². The lowest BCUT2D eigenvalue weighted by Gasteiger charge is -2.11. The Kier molecular flexibility index (Phi) is 4.65. The van der Waals surface area contributed by atoms with E-state index in [-0.39, 0.29) is 24.4 Å². The fourth-order valence-corrected chi connectivity index (χ4v) is 1.75. The van der Waals surface area contributed by atoms with Gasteiger partial charge in [-0.2, -0.15) is 5.10 Å². The summed E-state index contributed by atoms with van der Waals surface area (Å²) in [6.07, 6.45) is 1.37. The molecule has 1 heterocycles. The van der Waals surface area contributed by atoms with E-state index in [0.29, 0.717) is 11.4 Å². The average Bonchev–Trinajstić information content (AvgIpc) is 3.00. The number of aromatic nitrogens is 3. The Hall–Kier alpha value is -2.70. The van der Waals surface area contributed by atoms with Crippen LogP contribution in [0, 0.1) is 6.92 Å². The van der Waals surface area contributed by atoms with Gasteiger partial charge in [-0.3, -0.25) is 14.7 Å². The first kappa shape index (κ1) is 14.7. The number of amides is 2. The second kappa shape index (κ2) is 6.65. The number of H-pyrrole nitrogens is 1. The summed E-state index contributed by atoms with van der Waals surface area (Å²) in [5.41, 5.74) is 1.60. The monoisotopic (exact) mass is 287 g/mol. The van der Waals surface area contributed by atoms with Gasteiger partial charge in [0, 0.05) is 5.56 Å². The topological polar surface area (TPSA) is 99.8 Å². The molecule has 0 aliphatic heterocycles. The summed E-state index contributed by atoms with van der Waals surface area (Å²) < 4.78 is 0. The summed E-state index contributed by atoms with van der Waals surface area (Å²) in [4.78, 5) is 27.6. The van der Waals surface area contributed by atoms with Crippen LogP contribution >= 0.6 is 0 Å². The van der Waals surface area contributed by atoms with Crippen molar-refractivity contribution in [3.63, 3.8) is 0 Å². The molecule has 2 amide bonds. The Bertz CT molecular complexity index is 607. The second-order valence-electron chi connectivity index (χ2n) is 4.71. The van der Waals surface area contributed by atoms with Gasteiger partial charge in [0.15, 0.2) is 0 Å². The molecule has 1 atom stereocenters. The van der Waals surface area contributed by atoms with Crippen LogP contribution in [0.15, 0.2) is 30.6 Å². The maximum absolute atomic E-state index is 11.9. The number of nitrogens with one attached hydrogen (secondary N) is 3. The van der Waals surface area contributed by atoms with Crippen molar-refractivity contribution < 1.29 is 9.59 Å². The molecular formula is C14H17N5O2. The second-order valence-corrected chi connectivity index (χ2v) is 4.71. The molecule has 0 aliphatic rings. The predicted octanol–water partition coefficient (Wildman–Crippen LogP) is 0.720. The van der Waals surface area contributed by atoms with Crippen molar-refractivity contribution in [1.29, 1.82) is 0 Å². The maximum Gasteiger partial charge on any atom is 0.251 e. The van der Waals surface area contributed by atoms with Crippen molar-refractivity contribution in [2.45, 2.75) is 19.9 Å². The number of hydrogen-bond acceptors (Lipinski definition) is 4. The first-order valence-corrected chi connectivity index (χ1v) is 6.56. The minimum Gasteiger partial charge on any atom is -0.345 e. The first-order valence-electron chi connectivity index (χ1n) is 6.56. The summed E-state index contributed by atoms with van der Waals surface area (Å²) in [5, 5.41) is 11.7. The van der Waals surface area contributed by atoms with Crippen LogP contribution < -0.4 is 10.6 Å². The SMILES string of the molecule is Cc1ccc(C(=O)NCC(=O)NC(C)c2ncn[nH]2)cc1. The van der Waals surface area contributed by atoms with Gasteiger partial charge in [-0.15, -0.1) is 0 Å². The average molecular weight is 287 g/mol. The van der Waals surface area contributed by atoms with E-state index in [0.717, 1.165) is 5.56 Å². The normalized spacial score (nSPS) is 11.7. The molecule has 1 unspecified atom stereocenters. The van der Waals surface area contributed by atoms with Crippen LogP contribution in [0.3, 0.4) is 0 Å². The third-order valence-electron chi connectivity index (χ3n) is 2.94. The molecule has 0 saturated carbocycles. The molecule has 1 aromatic carbocycles. The van der Waals surface area contributed by atoms with Gasteiger partial charge in [0.2, 0.25) is 5.91 Å². The van der Waals surface area contributed by atoms with Crippen LogP contribution in [0.1, 0.15) is 34.7 Å². The minimum atomic E-state index is -0.295. The number of carbonyl (C=O) groups is 2. The van der Waals surface area contributed by atoms with Crippen molar-refractivity contribution in [3.05, 3.63) is 47.5 Å². The Labute approximate surface area is 122 Å². The van der Waals surface area contributed by atoms with Gasteiger partial charge in [0.25, 0.3) is 5.91 Å². The summed E-state index contributed by atoms with van der Waals surface area (Å²) in [6.45, 7) is 3.63. The van der Waals surface area contributed by atoms with Crippen molar-refractivity contribution in [2.75, 3.05) is 6.54 Å². The van der Waals surface area contributed by atoms with E-state index in [1.807, 2.05) is 19.1 Å². The summed E-state index contributed by atoms with van der Waals surface area (Å²) in [5.74, 6) is -0.00922. The molecule has 2 rings (SSSR count). The van der Waals surface area contributed by atoms with Crippen molar-refractivity contribution in [2.24, 2.45) is 0 Å². The highest BCUT2D eigenvalue weighted by molar-refractivity contribution is 5.96. The van der Waals surface area contributed by atoms with E-state index in [9.17, 15) is 9.59 Å². The molecular weight excluding hydrogens is 270 g/mol. The first-order chi connectivity index (χ1) is 10.1. The lowest BCUT2D eigenvalue weighted by atomic mass is 10.1. The van der Waals surface area contributed by atoms with E-state index in [4.69, 9.17) is 0 Å². The number of carbonyl (C=O) groups excluding carboxylic acids is 2. The zero-order chi connectivity index (χ0) is 15.2. The van der Waals surface area contributed by atoms with Gasteiger partial charge in [0.1, 0.15) is 12.2 Å². The van der Waals surface area contributed by atoms with E-state index >= 15 is 0 Å². The summed E-state index contributed by atoms with van der Waals surface area (Å²) in [7, 11) is 0. The molecule has 1 aromatic heterocycles. The summed E-state index contributed by atoms with van der Waals surface area (Å²) in [6, 6.07) is 6.85. The molecule has 7 heteroatoms. The van der Waals surface area contributed by atoms with Crippen LogP contribution in [-0.2, 0) is 4.79 Å². The van der Waals surface area contributed by atoms with Gasteiger partial charge >= 0.3 is 0 Å². The molecule has 3 N–H and O–H groups in total. The number of rotatable bonds is 5. The van der Waals surface area contributed by atoms with Crippen LogP contribution in [0.5, 0.6) is 0 Å². The minimum absolute atomic E-state index is 0.0921. The van der Waals surface area contributed by atoms with Crippen LogP contribution in [0.25, 0.3) is 0 Å². The van der Waals surface area contributed by atoms with Crippen molar-refractivity contribution in [3.8, 4) is 0 Å². The molecule has 0 radical (unpaired) electrons. The van der Waals surface area contributed by atoms with Crippen molar-refractivity contribution in [1.82, 2.24) is 25.8 Å². The molecule has 2 aromatic rings. The molecule has 110 valence electrons. The fourth-order valence-electron chi connectivity index (χ4n) is 1.75. The van der Waals surface area contributed by atoms with Gasteiger partial charge in [-0.25, -0.2) is 4.98 Å². The van der Waals surface area contributed by atoms with Gasteiger partial charge in [-0.05, 0) is 26.0 Å². The van der Waals surface area contributed by atoms with Gasteiger partial charge in [-0.1, -0.05) is 17.7 Å². The van der Waals surface area contributed by atoms with Crippen LogP contribution in [0.2, 0.25) is 0 Å². The largest absolute Gasteiger partial charge is 0.345 e. The maximum atomic E-state index is 11.9. The highest BCUT2D eigenvalue weighted by Gasteiger charge is 2.13. The zero-order valence-electron chi connectivity index (χ0n) is 11.9. The molecule has 0 aliphatic carbocycles. The zero-order valence-corrected chi connectivity index (χ0v) is 11.9. The molecule has 21 heavy (non-hydrogen) atoms. The van der Waals surface area contributed by atoms with Crippen molar-refractivity contribution >= 4 is 11.8 Å². The quantitative estimate of drug-likeness (QED) is 0.754. The van der Waals surface area contributed by atoms with E-state index in [1.165, 1.54) is 6.33 Å². The molecule has 0 spiro atoms. The Morgan fingerprint density at radius 2 is 2.00 bits per heavy atom. The number of aromatic amines is 1. The number of aryl methyl sites for hydroxylation is 1. The Balaban J connectivity index is 1.81. The smallest absolute Gasteiger partial charge is 0.251 e. The Morgan fingerprint density at radius 1 is 1.29 bits per heavy atom. The molecule has 0 bridgehead atoms. The van der Waals surface area contributed by atoms with Crippen LogP contribution in [0.4, 0.5) is 0 Å². The standard InChI is InChI=1S/C14H17N5O2/c1-9-3-5-11(6-4-9)14(21)15-7-12(20)18-10(2)13-16-8-17-19-13/h3-6,8,10H,7H2,1-2H3,(H,15,21)(H,18,20)(H,16,17,19). The van der Waals surface area contributed by atoms with Crippen LogP contribution in [-0.4, -0.2) is 33.5 Å². The molecule has 0 fully saturated rings.